The van der Waals surface area contributed by atoms with E-state index in [1.807, 2.05) is 19.1 Å². The Kier molecular flexibility index (Phi) is 5.39. The van der Waals surface area contributed by atoms with Crippen LogP contribution in [-0.2, 0) is 4.74 Å². The van der Waals surface area contributed by atoms with Crippen LogP contribution in [0.4, 0.5) is 0 Å². The molecule has 0 unspecified atom stereocenters. The van der Waals surface area contributed by atoms with Crippen molar-refractivity contribution in [2.24, 2.45) is 0 Å². The van der Waals surface area contributed by atoms with E-state index in [4.69, 9.17) is 4.74 Å². The number of esters is 1. The Hall–Kier alpha value is -1.31. The molecule has 0 aliphatic rings. The predicted octanol–water partition coefficient (Wildman–Crippen LogP) is 4.50. The molecule has 100 valence electrons. The van der Waals surface area contributed by atoms with Gasteiger partial charge in [-0.25, -0.2) is 4.79 Å². The smallest absolute Gasteiger partial charge is 0.338 e. The van der Waals surface area contributed by atoms with Crippen LogP contribution in [0.15, 0.2) is 18.2 Å². The van der Waals surface area contributed by atoms with Crippen LogP contribution in [0.1, 0.15) is 74.4 Å². The van der Waals surface area contributed by atoms with E-state index < -0.39 is 0 Å². The van der Waals surface area contributed by atoms with Crippen molar-refractivity contribution in [1.29, 1.82) is 0 Å². The normalized spacial score (nSPS) is 11.1. The van der Waals surface area contributed by atoms with Gasteiger partial charge in [-0.3, -0.25) is 0 Å². The van der Waals surface area contributed by atoms with E-state index in [0.29, 0.717) is 24.0 Å². The molecule has 18 heavy (non-hydrogen) atoms. The van der Waals surface area contributed by atoms with Crippen molar-refractivity contribution < 1.29 is 9.53 Å². The second-order valence-corrected chi connectivity index (χ2v) is 5.29. The zero-order valence-electron chi connectivity index (χ0n) is 12.1. The highest BCUT2D eigenvalue weighted by molar-refractivity contribution is 5.91. The monoisotopic (exact) mass is 248 g/mol. The number of hydrogen-bond acceptors (Lipinski definition) is 2. The lowest BCUT2D eigenvalue weighted by Gasteiger charge is -2.15. The van der Waals surface area contributed by atoms with Gasteiger partial charge >= 0.3 is 5.97 Å². The van der Waals surface area contributed by atoms with Gasteiger partial charge in [0.05, 0.1) is 12.2 Å². The fourth-order valence-electron chi connectivity index (χ4n) is 1.88. The quantitative estimate of drug-likeness (QED) is 0.717. The first-order valence-corrected chi connectivity index (χ1v) is 6.78. The molecule has 0 spiro atoms. The Morgan fingerprint density at radius 3 is 2.33 bits per heavy atom. The molecule has 0 bridgehead atoms. The molecule has 0 atom stereocenters. The highest BCUT2D eigenvalue weighted by atomic mass is 16.5. The molecule has 1 aromatic carbocycles. The first kappa shape index (κ1) is 14.7. The maximum absolute atomic E-state index is 12.0. The predicted molar refractivity (Wildman–Crippen MR) is 75.2 cm³/mol. The maximum atomic E-state index is 12.0. The molecular weight excluding hydrogens is 224 g/mol. The van der Waals surface area contributed by atoms with Crippen molar-refractivity contribution in [2.45, 2.75) is 52.9 Å². The third kappa shape index (κ3) is 3.59. The molecule has 0 radical (unpaired) electrons. The van der Waals surface area contributed by atoms with Crippen molar-refractivity contribution >= 4 is 5.97 Å². The molecule has 0 saturated carbocycles. The van der Waals surface area contributed by atoms with Crippen molar-refractivity contribution in [3.8, 4) is 0 Å². The van der Waals surface area contributed by atoms with Crippen LogP contribution in [0.3, 0.4) is 0 Å². The molecule has 0 aliphatic carbocycles. The highest BCUT2D eigenvalue weighted by Crippen LogP contribution is 2.25. The van der Waals surface area contributed by atoms with Crippen molar-refractivity contribution in [3.63, 3.8) is 0 Å². The summed E-state index contributed by atoms with van der Waals surface area (Å²) in [6.45, 7) is 11.0. The summed E-state index contributed by atoms with van der Waals surface area (Å²) < 4.78 is 5.23. The maximum Gasteiger partial charge on any atom is 0.338 e. The number of carbonyl (C=O) groups excluding carboxylic acids is 1. The number of rotatable bonds is 5. The van der Waals surface area contributed by atoms with E-state index in [1.165, 1.54) is 5.56 Å². The summed E-state index contributed by atoms with van der Waals surface area (Å²) in [5.41, 5.74) is 3.07. The standard InChI is InChI=1S/C16H24O2/c1-6-9-18-16(17)14-8-7-13(11(2)3)10-15(14)12(4)5/h7-8,10-12H,6,9H2,1-5H3. The topological polar surface area (TPSA) is 26.3 Å². The Bertz CT molecular complexity index is 406. The lowest BCUT2D eigenvalue weighted by molar-refractivity contribution is 0.0503. The van der Waals surface area contributed by atoms with E-state index >= 15 is 0 Å². The van der Waals surface area contributed by atoms with Crippen molar-refractivity contribution in [1.82, 2.24) is 0 Å². The molecule has 0 N–H and O–H groups in total. The molecule has 0 aromatic heterocycles. The van der Waals surface area contributed by atoms with E-state index in [1.54, 1.807) is 0 Å². The van der Waals surface area contributed by atoms with Gasteiger partial charge in [0.1, 0.15) is 0 Å². The summed E-state index contributed by atoms with van der Waals surface area (Å²) in [6.07, 6.45) is 0.854. The minimum absolute atomic E-state index is 0.198. The number of hydrogen-bond donors (Lipinski definition) is 0. The van der Waals surface area contributed by atoms with Gasteiger partial charge < -0.3 is 4.74 Å². The molecule has 0 amide bonds. The summed E-state index contributed by atoms with van der Waals surface area (Å²) in [4.78, 5) is 12.0. The minimum atomic E-state index is -0.198. The van der Waals surface area contributed by atoms with Crippen molar-refractivity contribution in [2.75, 3.05) is 6.61 Å². The van der Waals surface area contributed by atoms with Crippen molar-refractivity contribution in [3.05, 3.63) is 34.9 Å². The second-order valence-electron chi connectivity index (χ2n) is 5.29. The van der Waals surface area contributed by atoms with Crippen LogP contribution in [0.25, 0.3) is 0 Å². The van der Waals surface area contributed by atoms with E-state index in [9.17, 15) is 4.79 Å². The van der Waals surface area contributed by atoms with Crippen LogP contribution in [0.2, 0.25) is 0 Å². The number of carbonyl (C=O) groups is 1. The van der Waals surface area contributed by atoms with Crippen LogP contribution >= 0.6 is 0 Å². The highest BCUT2D eigenvalue weighted by Gasteiger charge is 2.16. The van der Waals surface area contributed by atoms with E-state index in [-0.39, 0.29) is 5.97 Å². The lowest BCUT2D eigenvalue weighted by Crippen LogP contribution is -2.10. The van der Waals surface area contributed by atoms with Crippen LogP contribution in [0, 0.1) is 0 Å². The molecule has 1 rings (SSSR count). The summed E-state index contributed by atoms with van der Waals surface area (Å²) >= 11 is 0. The van der Waals surface area contributed by atoms with Gasteiger partial charge in [0.15, 0.2) is 0 Å². The van der Waals surface area contributed by atoms with Crippen LogP contribution < -0.4 is 0 Å². The largest absolute Gasteiger partial charge is 0.462 e. The first-order chi connectivity index (χ1) is 8.47. The Balaban J connectivity index is 3.07. The SMILES string of the molecule is CCCOC(=O)c1ccc(C(C)C)cc1C(C)C. The second kappa shape index (κ2) is 6.58. The fraction of sp³-hybridized carbons (Fsp3) is 0.562. The average Bonchev–Trinajstić information content (AvgIpc) is 2.34. The van der Waals surface area contributed by atoms with E-state index in [0.717, 1.165) is 12.0 Å². The van der Waals surface area contributed by atoms with Crippen LogP contribution in [-0.4, -0.2) is 12.6 Å². The molecular formula is C16H24O2. The first-order valence-electron chi connectivity index (χ1n) is 6.78. The van der Waals surface area contributed by atoms with Gasteiger partial charge in [-0.15, -0.1) is 0 Å². The van der Waals surface area contributed by atoms with Crippen LogP contribution in [0.5, 0.6) is 0 Å². The summed E-state index contributed by atoms with van der Waals surface area (Å²) in [5, 5.41) is 0. The summed E-state index contributed by atoms with van der Waals surface area (Å²) in [5.74, 6) is 0.604. The van der Waals surface area contributed by atoms with Gasteiger partial charge in [0.2, 0.25) is 0 Å². The zero-order chi connectivity index (χ0) is 13.7. The van der Waals surface area contributed by atoms with E-state index in [2.05, 4.69) is 33.8 Å². The lowest BCUT2D eigenvalue weighted by atomic mass is 9.91. The Labute approximate surface area is 110 Å². The third-order valence-corrected chi connectivity index (χ3v) is 3.02. The zero-order valence-corrected chi connectivity index (χ0v) is 12.1. The summed E-state index contributed by atoms with van der Waals surface area (Å²) in [7, 11) is 0. The molecule has 1 aromatic rings. The molecule has 0 heterocycles. The van der Waals surface area contributed by atoms with Gasteiger partial charge in [-0.2, -0.15) is 0 Å². The number of ether oxygens (including phenoxy) is 1. The molecule has 0 fully saturated rings. The third-order valence-electron chi connectivity index (χ3n) is 3.02. The minimum Gasteiger partial charge on any atom is -0.462 e. The Morgan fingerprint density at radius 1 is 1.17 bits per heavy atom. The molecule has 2 heteroatoms. The van der Waals surface area contributed by atoms with Gasteiger partial charge in [-0.05, 0) is 35.4 Å². The molecule has 0 saturated heterocycles. The Morgan fingerprint density at radius 2 is 1.83 bits per heavy atom. The van der Waals surface area contributed by atoms with Gasteiger partial charge in [-0.1, -0.05) is 46.8 Å². The molecule has 2 nitrogen and oxygen atoms in total. The average molecular weight is 248 g/mol. The van der Waals surface area contributed by atoms with Gasteiger partial charge in [0.25, 0.3) is 0 Å². The number of benzene rings is 1. The summed E-state index contributed by atoms with van der Waals surface area (Å²) in [6, 6.07) is 6.07. The van der Waals surface area contributed by atoms with Gasteiger partial charge in [0, 0.05) is 0 Å². The fourth-order valence-corrected chi connectivity index (χ4v) is 1.88. The molecule has 0 aliphatic heterocycles.